The van der Waals surface area contributed by atoms with Crippen LogP contribution in [0, 0.1) is 5.82 Å². The number of benzene rings is 2. The summed E-state index contributed by atoms with van der Waals surface area (Å²) in [5, 5.41) is 12.1. The van der Waals surface area contributed by atoms with Crippen LogP contribution in [0.5, 0.6) is 5.75 Å². The van der Waals surface area contributed by atoms with Crippen LogP contribution in [0.4, 0.5) is 4.39 Å². The van der Waals surface area contributed by atoms with Gasteiger partial charge in [-0.1, -0.05) is 43.7 Å². The molecule has 1 fully saturated rings. The molecule has 2 amide bonds. The van der Waals surface area contributed by atoms with Crippen LogP contribution in [0.3, 0.4) is 0 Å². The number of nitrogens with two attached hydrogens (primary N) is 1. The average molecular weight is 500 g/mol. The molecule has 4 N–H and O–H groups in total. The van der Waals surface area contributed by atoms with E-state index in [1.807, 2.05) is 6.92 Å². The maximum absolute atomic E-state index is 13.9. The normalized spacial score (nSPS) is 16.9. The maximum atomic E-state index is 13.9. The molecule has 0 aromatic heterocycles. The highest BCUT2D eigenvalue weighted by Crippen LogP contribution is 2.21. The van der Waals surface area contributed by atoms with Crippen molar-refractivity contribution < 1.29 is 28.6 Å². The van der Waals surface area contributed by atoms with E-state index >= 15 is 0 Å². The number of ether oxygens (including phenoxy) is 1. The van der Waals surface area contributed by atoms with Crippen LogP contribution in [0.15, 0.2) is 48.5 Å². The number of carbonyl (C=O) groups is 3. The van der Waals surface area contributed by atoms with Gasteiger partial charge in [-0.05, 0) is 55.0 Å². The van der Waals surface area contributed by atoms with Gasteiger partial charge in [0, 0.05) is 25.6 Å². The maximum Gasteiger partial charge on any atom is 0.344 e. The highest BCUT2D eigenvalue weighted by Gasteiger charge is 2.34. The summed E-state index contributed by atoms with van der Waals surface area (Å²) in [7, 11) is 0. The van der Waals surface area contributed by atoms with Gasteiger partial charge in [-0.15, -0.1) is 0 Å². The lowest BCUT2D eigenvalue weighted by Crippen LogP contribution is -2.47. The molecule has 2 aromatic rings. The van der Waals surface area contributed by atoms with Crippen LogP contribution >= 0.6 is 0 Å². The van der Waals surface area contributed by atoms with Gasteiger partial charge in [0.05, 0.1) is 0 Å². The number of nitrogens with one attached hydrogen (secondary N) is 1. The third-order valence-corrected chi connectivity index (χ3v) is 6.25. The number of hydrogen-bond acceptors (Lipinski definition) is 5. The zero-order valence-electron chi connectivity index (χ0n) is 20.5. The fourth-order valence-corrected chi connectivity index (χ4v) is 4.35. The number of amides is 2. The van der Waals surface area contributed by atoms with Gasteiger partial charge in [0.2, 0.25) is 11.8 Å². The van der Waals surface area contributed by atoms with E-state index in [0.29, 0.717) is 37.1 Å². The van der Waals surface area contributed by atoms with Crippen molar-refractivity contribution in [2.75, 3.05) is 6.54 Å². The Morgan fingerprint density at radius 1 is 1.19 bits per heavy atom. The summed E-state index contributed by atoms with van der Waals surface area (Å²) in [6.45, 7) is 2.64. The molecule has 0 aliphatic carbocycles. The molecule has 1 heterocycles. The van der Waals surface area contributed by atoms with E-state index in [4.69, 9.17) is 10.5 Å². The van der Waals surface area contributed by atoms with Gasteiger partial charge < -0.3 is 25.8 Å². The van der Waals surface area contributed by atoms with E-state index < -0.39 is 24.2 Å². The van der Waals surface area contributed by atoms with E-state index in [1.165, 1.54) is 6.07 Å². The molecule has 2 unspecified atom stereocenters. The summed E-state index contributed by atoms with van der Waals surface area (Å²) in [6.07, 6.45) is 1.79. The quantitative estimate of drug-likeness (QED) is 0.413. The Labute approximate surface area is 210 Å². The molecule has 36 heavy (non-hydrogen) atoms. The second-order valence-corrected chi connectivity index (χ2v) is 9.10. The number of rotatable bonds is 12. The summed E-state index contributed by atoms with van der Waals surface area (Å²) in [5.74, 6) is -1.35. The van der Waals surface area contributed by atoms with Crippen molar-refractivity contribution >= 4 is 17.8 Å². The van der Waals surface area contributed by atoms with Crippen LogP contribution < -0.4 is 15.8 Å². The van der Waals surface area contributed by atoms with Crippen molar-refractivity contribution in [1.82, 2.24) is 10.2 Å². The Morgan fingerprint density at radius 3 is 2.58 bits per heavy atom. The van der Waals surface area contributed by atoms with E-state index in [-0.39, 0.29) is 37.0 Å². The Kier molecular flexibility index (Phi) is 9.81. The molecule has 9 heteroatoms. The second-order valence-electron chi connectivity index (χ2n) is 9.10. The lowest BCUT2D eigenvalue weighted by molar-refractivity contribution is -0.145. The predicted octanol–water partition coefficient (Wildman–Crippen LogP) is 3.03. The molecule has 3 rings (SSSR count). The molecule has 0 spiro atoms. The minimum Gasteiger partial charge on any atom is -0.479 e. The predicted molar refractivity (Wildman–Crippen MR) is 133 cm³/mol. The van der Waals surface area contributed by atoms with Gasteiger partial charge in [-0.25, -0.2) is 9.18 Å². The average Bonchev–Trinajstić information content (AvgIpc) is 3.35. The van der Waals surface area contributed by atoms with Crippen LogP contribution in [0.25, 0.3) is 0 Å². The summed E-state index contributed by atoms with van der Waals surface area (Å²) in [5.41, 5.74) is 7.40. The van der Waals surface area contributed by atoms with Crippen LogP contribution in [0.1, 0.15) is 50.2 Å². The number of carboxylic acid groups (broad SMARTS) is 1. The van der Waals surface area contributed by atoms with Crippen molar-refractivity contribution in [3.8, 4) is 5.75 Å². The van der Waals surface area contributed by atoms with Gasteiger partial charge in [-0.3, -0.25) is 9.59 Å². The number of hydrogen-bond donors (Lipinski definition) is 3. The van der Waals surface area contributed by atoms with Gasteiger partial charge in [0.15, 0.2) is 6.10 Å². The lowest BCUT2D eigenvalue weighted by Gasteiger charge is -2.25. The molecule has 1 aliphatic heterocycles. The van der Waals surface area contributed by atoms with Crippen LogP contribution in [-0.4, -0.2) is 52.5 Å². The smallest absolute Gasteiger partial charge is 0.344 e. The number of halogens is 1. The van der Waals surface area contributed by atoms with Gasteiger partial charge >= 0.3 is 5.97 Å². The van der Waals surface area contributed by atoms with Crippen molar-refractivity contribution in [2.45, 2.75) is 70.2 Å². The fraction of sp³-hybridized carbons (Fsp3) is 0.444. The van der Waals surface area contributed by atoms with E-state index in [9.17, 15) is 23.9 Å². The minimum atomic E-state index is -1.00. The first-order valence-corrected chi connectivity index (χ1v) is 12.3. The largest absolute Gasteiger partial charge is 0.479 e. The highest BCUT2D eigenvalue weighted by atomic mass is 19.1. The number of nitrogens with zero attached hydrogens (tertiary/aromatic N) is 1. The summed E-state index contributed by atoms with van der Waals surface area (Å²) in [4.78, 5) is 38.5. The van der Waals surface area contributed by atoms with Crippen molar-refractivity contribution in [3.63, 3.8) is 0 Å². The number of aliphatic carboxylic acids is 1. The highest BCUT2D eigenvalue weighted by molar-refractivity contribution is 5.88. The van der Waals surface area contributed by atoms with E-state index in [1.54, 1.807) is 47.4 Å². The molecule has 0 radical (unpaired) electrons. The first kappa shape index (κ1) is 27.1. The minimum absolute atomic E-state index is 0.0367. The molecule has 1 saturated heterocycles. The Balaban J connectivity index is 1.50. The van der Waals surface area contributed by atoms with Gasteiger partial charge in [0.25, 0.3) is 0 Å². The molecule has 0 saturated carbocycles. The number of likely N-dealkylation sites (tertiary alicyclic amines) is 1. The third kappa shape index (κ3) is 7.52. The molecule has 8 nitrogen and oxygen atoms in total. The van der Waals surface area contributed by atoms with Crippen molar-refractivity contribution in [2.24, 2.45) is 5.73 Å². The van der Waals surface area contributed by atoms with E-state index in [0.717, 1.165) is 12.0 Å². The lowest BCUT2D eigenvalue weighted by atomic mass is 10.0. The summed E-state index contributed by atoms with van der Waals surface area (Å²) >= 11 is 0. The summed E-state index contributed by atoms with van der Waals surface area (Å²) in [6, 6.07) is 12.1. The monoisotopic (exact) mass is 499 g/mol. The number of carboxylic acids is 1. The molecule has 3 atom stereocenters. The molecule has 194 valence electrons. The Morgan fingerprint density at radius 2 is 1.92 bits per heavy atom. The standard InChI is InChI=1S/C27H34FN3O5/c1-2-6-24(27(34)35)36-21-12-10-18(11-13-21)17-30-26(33)23-9-5-14-31(23)25(32)16-20(29)15-19-7-3-4-8-22(19)28/h3-4,7-8,10-13,20,23-24H,2,5-6,9,14-17,29H2,1H3,(H,30,33)(H,34,35)/t20?,23-,24?/m0/s1. The third-order valence-electron chi connectivity index (χ3n) is 6.25. The first-order chi connectivity index (χ1) is 17.3. The Hall–Kier alpha value is -3.46. The summed E-state index contributed by atoms with van der Waals surface area (Å²) < 4.78 is 19.4. The molecule has 2 aromatic carbocycles. The van der Waals surface area contributed by atoms with E-state index in [2.05, 4.69) is 5.32 Å². The Bertz CT molecular complexity index is 1050. The van der Waals surface area contributed by atoms with Gasteiger partial charge in [0.1, 0.15) is 17.6 Å². The van der Waals surface area contributed by atoms with Crippen LogP contribution in [-0.2, 0) is 27.3 Å². The number of carbonyl (C=O) groups excluding carboxylic acids is 2. The molecular formula is C27H34FN3O5. The molecule has 0 bridgehead atoms. The SMILES string of the molecule is CCCC(Oc1ccc(CNC(=O)[C@@H]2CCCN2C(=O)CC(N)Cc2ccccc2F)cc1)C(=O)O. The van der Waals surface area contributed by atoms with Crippen molar-refractivity contribution in [3.05, 3.63) is 65.5 Å². The first-order valence-electron chi connectivity index (χ1n) is 12.3. The molecule has 1 aliphatic rings. The van der Waals surface area contributed by atoms with Gasteiger partial charge in [-0.2, -0.15) is 0 Å². The van der Waals surface area contributed by atoms with Crippen LogP contribution in [0.2, 0.25) is 0 Å². The zero-order valence-corrected chi connectivity index (χ0v) is 20.5. The topological polar surface area (TPSA) is 122 Å². The fourth-order valence-electron chi connectivity index (χ4n) is 4.35. The van der Waals surface area contributed by atoms with Crippen molar-refractivity contribution in [1.29, 1.82) is 0 Å². The molecular weight excluding hydrogens is 465 g/mol. The second kappa shape index (κ2) is 13.0. The zero-order chi connectivity index (χ0) is 26.1.